The molecule has 0 saturated carbocycles. The first kappa shape index (κ1) is 18.7. The van der Waals surface area contributed by atoms with Crippen molar-refractivity contribution in [2.24, 2.45) is 5.92 Å². The number of fused-ring (bicyclic) bond motifs is 2. The van der Waals surface area contributed by atoms with Crippen molar-refractivity contribution in [1.29, 1.82) is 0 Å². The van der Waals surface area contributed by atoms with Gasteiger partial charge in [0.15, 0.2) is 5.69 Å². The molecule has 6 nitrogen and oxygen atoms in total. The Morgan fingerprint density at radius 2 is 2.04 bits per heavy atom. The molecule has 2 aromatic rings. The maximum Gasteiger partial charge on any atom is 0.356 e. The fourth-order valence-corrected chi connectivity index (χ4v) is 4.45. The summed E-state index contributed by atoms with van der Waals surface area (Å²) in [5.41, 5.74) is 4.18. The lowest BCUT2D eigenvalue weighted by Gasteiger charge is -2.30. The first-order chi connectivity index (χ1) is 13.5. The quantitative estimate of drug-likeness (QED) is 0.863. The zero-order valence-electron chi connectivity index (χ0n) is 16.5. The topological polar surface area (TPSA) is 75.4 Å². The lowest BCUT2D eigenvalue weighted by atomic mass is 9.97. The van der Waals surface area contributed by atoms with Crippen molar-refractivity contribution < 1.29 is 14.7 Å². The predicted molar refractivity (Wildman–Crippen MR) is 105 cm³/mol. The summed E-state index contributed by atoms with van der Waals surface area (Å²) in [5, 5.41) is 14.0. The molecule has 1 aromatic carbocycles. The molecule has 1 atom stereocenters. The molecule has 1 aliphatic heterocycles. The Kier molecular flexibility index (Phi) is 4.96. The third kappa shape index (κ3) is 3.32. The van der Waals surface area contributed by atoms with Crippen LogP contribution in [-0.2, 0) is 30.7 Å². The molecule has 0 saturated heterocycles. The molecule has 2 heterocycles. The molecule has 0 fully saturated rings. The van der Waals surface area contributed by atoms with E-state index in [1.807, 2.05) is 27.8 Å². The van der Waals surface area contributed by atoms with Crippen LogP contribution in [0, 0.1) is 5.92 Å². The lowest BCUT2D eigenvalue weighted by Crippen LogP contribution is -2.39. The first-order valence-electron chi connectivity index (χ1n) is 10.1. The SMILES string of the molecule is CC(C)CCn1nc(C(=O)O)c2c1CCN(C(=O)[C@H]1CCc3ccccc31)C2. The van der Waals surface area contributed by atoms with Gasteiger partial charge in [0.1, 0.15) is 0 Å². The van der Waals surface area contributed by atoms with Crippen LogP contribution in [0.5, 0.6) is 0 Å². The van der Waals surface area contributed by atoms with Crippen molar-refractivity contribution in [3.63, 3.8) is 0 Å². The fourth-order valence-electron chi connectivity index (χ4n) is 4.45. The number of rotatable bonds is 5. The van der Waals surface area contributed by atoms with E-state index in [4.69, 9.17) is 0 Å². The molecule has 0 spiro atoms. The number of carbonyl (C=O) groups excluding carboxylic acids is 1. The molecular formula is C22H27N3O3. The normalized spacial score (nSPS) is 18.2. The minimum atomic E-state index is -1.01. The average molecular weight is 381 g/mol. The number of hydrogen-bond acceptors (Lipinski definition) is 3. The number of carboxylic acids is 1. The standard InChI is InChI=1S/C22H27N3O3/c1-14(2)9-12-25-19-10-11-24(13-18(19)20(23-25)22(27)28)21(26)17-8-7-15-5-3-4-6-16(15)17/h3-6,14,17H,7-13H2,1-2H3,(H,27,28)/t17-/m0/s1. The van der Waals surface area contributed by atoms with Gasteiger partial charge in [-0.25, -0.2) is 4.79 Å². The fraction of sp³-hybridized carbons (Fsp3) is 0.500. The van der Waals surface area contributed by atoms with E-state index in [0.717, 1.165) is 37.1 Å². The van der Waals surface area contributed by atoms with Crippen molar-refractivity contribution in [3.05, 3.63) is 52.3 Å². The van der Waals surface area contributed by atoms with Crippen LogP contribution in [0.4, 0.5) is 0 Å². The van der Waals surface area contributed by atoms with Crippen molar-refractivity contribution in [3.8, 4) is 0 Å². The van der Waals surface area contributed by atoms with E-state index in [-0.39, 0.29) is 17.5 Å². The van der Waals surface area contributed by atoms with Gasteiger partial charge in [0.25, 0.3) is 0 Å². The van der Waals surface area contributed by atoms with Crippen LogP contribution >= 0.6 is 0 Å². The molecule has 28 heavy (non-hydrogen) atoms. The van der Waals surface area contributed by atoms with E-state index in [1.165, 1.54) is 5.56 Å². The Morgan fingerprint density at radius 1 is 1.25 bits per heavy atom. The van der Waals surface area contributed by atoms with E-state index < -0.39 is 5.97 Å². The van der Waals surface area contributed by atoms with Crippen LogP contribution < -0.4 is 0 Å². The molecule has 0 unspecified atom stereocenters. The smallest absolute Gasteiger partial charge is 0.356 e. The molecule has 6 heteroatoms. The number of carbonyl (C=O) groups is 2. The summed E-state index contributed by atoms with van der Waals surface area (Å²) in [6.07, 6.45) is 3.38. The third-order valence-electron chi connectivity index (χ3n) is 6.00. The summed E-state index contributed by atoms with van der Waals surface area (Å²) < 4.78 is 1.85. The molecule has 1 N–H and O–H groups in total. The number of nitrogens with zero attached hydrogens (tertiary/aromatic N) is 3. The minimum Gasteiger partial charge on any atom is -0.476 e. The summed E-state index contributed by atoms with van der Waals surface area (Å²) in [6, 6.07) is 8.15. The van der Waals surface area contributed by atoms with Gasteiger partial charge in [-0.3, -0.25) is 9.48 Å². The van der Waals surface area contributed by atoms with Gasteiger partial charge in [0, 0.05) is 37.3 Å². The maximum atomic E-state index is 13.2. The summed E-state index contributed by atoms with van der Waals surface area (Å²) in [5.74, 6) is -0.485. The second kappa shape index (κ2) is 7.41. The highest BCUT2D eigenvalue weighted by atomic mass is 16.4. The summed E-state index contributed by atoms with van der Waals surface area (Å²) >= 11 is 0. The minimum absolute atomic E-state index is 0.100. The van der Waals surface area contributed by atoms with Crippen molar-refractivity contribution in [2.45, 2.75) is 58.5 Å². The van der Waals surface area contributed by atoms with Crippen molar-refractivity contribution >= 4 is 11.9 Å². The highest BCUT2D eigenvalue weighted by Gasteiger charge is 2.35. The zero-order chi connectivity index (χ0) is 19.8. The lowest BCUT2D eigenvalue weighted by molar-refractivity contribution is -0.133. The molecular weight excluding hydrogens is 354 g/mol. The van der Waals surface area contributed by atoms with Crippen LogP contribution in [0.25, 0.3) is 0 Å². The van der Waals surface area contributed by atoms with E-state index >= 15 is 0 Å². The van der Waals surface area contributed by atoms with E-state index in [1.54, 1.807) is 0 Å². The number of aromatic nitrogens is 2. The monoisotopic (exact) mass is 381 g/mol. The largest absolute Gasteiger partial charge is 0.476 e. The number of carboxylic acid groups (broad SMARTS) is 1. The molecule has 148 valence electrons. The Balaban J connectivity index is 1.58. The number of amides is 1. The van der Waals surface area contributed by atoms with Gasteiger partial charge < -0.3 is 10.0 Å². The molecule has 2 aliphatic rings. The Morgan fingerprint density at radius 3 is 2.79 bits per heavy atom. The van der Waals surface area contributed by atoms with Gasteiger partial charge in [0.2, 0.25) is 5.91 Å². The molecule has 4 rings (SSSR count). The third-order valence-corrected chi connectivity index (χ3v) is 6.00. The molecule has 1 amide bonds. The van der Waals surface area contributed by atoms with E-state index in [0.29, 0.717) is 31.0 Å². The van der Waals surface area contributed by atoms with Gasteiger partial charge in [-0.1, -0.05) is 38.1 Å². The zero-order valence-corrected chi connectivity index (χ0v) is 16.5. The van der Waals surface area contributed by atoms with Crippen molar-refractivity contribution in [1.82, 2.24) is 14.7 Å². The molecule has 1 aliphatic carbocycles. The summed E-state index contributed by atoms with van der Waals surface area (Å²) in [4.78, 5) is 26.8. The second-order valence-electron chi connectivity index (χ2n) is 8.28. The number of aryl methyl sites for hydroxylation is 2. The number of aromatic carboxylic acids is 1. The van der Waals surface area contributed by atoms with Crippen molar-refractivity contribution in [2.75, 3.05) is 6.54 Å². The van der Waals surface area contributed by atoms with Crippen LogP contribution in [0.2, 0.25) is 0 Å². The number of benzene rings is 1. The Hall–Kier alpha value is -2.63. The second-order valence-corrected chi connectivity index (χ2v) is 8.28. The first-order valence-corrected chi connectivity index (χ1v) is 10.1. The predicted octanol–water partition coefficient (Wildman–Crippen LogP) is 3.24. The molecule has 1 aromatic heterocycles. The van der Waals surface area contributed by atoms with Crippen LogP contribution in [-0.4, -0.2) is 38.2 Å². The van der Waals surface area contributed by atoms with Gasteiger partial charge in [0.05, 0.1) is 5.92 Å². The maximum absolute atomic E-state index is 13.2. The van der Waals surface area contributed by atoms with Gasteiger partial charge in [-0.15, -0.1) is 0 Å². The summed E-state index contributed by atoms with van der Waals surface area (Å²) in [7, 11) is 0. The summed E-state index contributed by atoms with van der Waals surface area (Å²) in [6.45, 7) is 5.98. The number of hydrogen-bond donors (Lipinski definition) is 1. The average Bonchev–Trinajstić information content (AvgIpc) is 3.27. The van der Waals surface area contributed by atoms with Crippen LogP contribution in [0.15, 0.2) is 24.3 Å². The molecule has 0 bridgehead atoms. The van der Waals surface area contributed by atoms with Gasteiger partial charge >= 0.3 is 5.97 Å². The Bertz CT molecular complexity index is 916. The van der Waals surface area contributed by atoms with E-state index in [9.17, 15) is 14.7 Å². The highest BCUT2D eigenvalue weighted by Crippen LogP contribution is 2.35. The Labute approximate surface area is 165 Å². The van der Waals surface area contributed by atoms with Gasteiger partial charge in [-0.05, 0) is 36.3 Å². The van der Waals surface area contributed by atoms with Gasteiger partial charge in [-0.2, -0.15) is 5.10 Å². The van der Waals surface area contributed by atoms with Crippen LogP contribution in [0.3, 0.4) is 0 Å². The van der Waals surface area contributed by atoms with E-state index in [2.05, 4.69) is 25.0 Å². The van der Waals surface area contributed by atoms with Crippen LogP contribution in [0.1, 0.15) is 65.5 Å². The molecule has 0 radical (unpaired) electrons. The highest BCUT2D eigenvalue weighted by molar-refractivity contribution is 5.89.